The molecule has 6 rings (SSSR count). The number of hydrogen-bond acceptors (Lipinski definition) is 11. The third-order valence-corrected chi connectivity index (χ3v) is 12.8. The number of amides is 2. The van der Waals surface area contributed by atoms with Crippen LogP contribution >= 0.6 is 0 Å². The van der Waals surface area contributed by atoms with Gasteiger partial charge in [-0.05, 0) is 99.1 Å². The molecule has 1 fully saturated rings. The van der Waals surface area contributed by atoms with Crippen LogP contribution in [0.1, 0.15) is 96.6 Å². The Kier molecular flexibility index (Phi) is 11.2. The van der Waals surface area contributed by atoms with Crippen LogP contribution in [0, 0.1) is 0 Å². The number of hydrogen-bond donors (Lipinski definition) is 0. The summed E-state index contributed by atoms with van der Waals surface area (Å²) in [5, 5.41) is 0.547. The van der Waals surface area contributed by atoms with E-state index in [1.54, 1.807) is 12.1 Å². The molecule has 0 saturated carbocycles. The van der Waals surface area contributed by atoms with Gasteiger partial charge in [-0.25, -0.2) is 21.6 Å². The molecule has 2 aromatic carbocycles. The molecule has 0 bridgehead atoms. The minimum absolute atomic E-state index is 0.0273. The van der Waals surface area contributed by atoms with Crippen molar-refractivity contribution >= 4 is 55.1 Å². The van der Waals surface area contributed by atoms with Crippen LogP contribution < -0.4 is 4.90 Å². The van der Waals surface area contributed by atoms with Gasteiger partial charge in [-0.3, -0.25) is 9.59 Å². The van der Waals surface area contributed by atoms with Gasteiger partial charge in [0.25, 0.3) is 11.8 Å². The number of carbonyl (C=O) groups excluding carboxylic acids is 3. The zero-order chi connectivity index (χ0) is 40.8. The molecular formula is C41H46N3O10S2-. The van der Waals surface area contributed by atoms with E-state index in [2.05, 4.69) is 23.1 Å². The molecular weight excluding hydrogens is 759 g/mol. The molecule has 2 amide bonds. The second-order valence-electron chi connectivity index (χ2n) is 15.7. The van der Waals surface area contributed by atoms with Crippen molar-refractivity contribution in [2.24, 2.45) is 0 Å². The number of unbranched alkanes of at least 4 members (excludes halogenated alkanes) is 2. The monoisotopic (exact) mass is 804 g/mol. The average Bonchev–Trinajstić information content (AvgIpc) is 3.63. The summed E-state index contributed by atoms with van der Waals surface area (Å²) in [6.07, 6.45) is 14.9. The van der Waals surface area contributed by atoms with Crippen LogP contribution in [0.3, 0.4) is 0 Å². The number of carbonyl (C=O) groups is 3. The van der Waals surface area contributed by atoms with Crippen molar-refractivity contribution < 1.29 is 49.7 Å². The Morgan fingerprint density at radius 2 is 1.46 bits per heavy atom. The predicted octanol–water partition coefficient (Wildman–Crippen LogP) is 5.94. The van der Waals surface area contributed by atoms with Crippen molar-refractivity contribution in [3.8, 4) is 0 Å². The van der Waals surface area contributed by atoms with Crippen molar-refractivity contribution in [3.63, 3.8) is 0 Å². The lowest BCUT2D eigenvalue weighted by Gasteiger charge is -2.27. The Morgan fingerprint density at radius 1 is 0.821 bits per heavy atom. The molecule has 0 spiro atoms. The van der Waals surface area contributed by atoms with Crippen molar-refractivity contribution in [2.75, 3.05) is 18.5 Å². The van der Waals surface area contributed by atoms with E-state index in [1.165, 1.54) is 24.3 Å². The van der Waals surface area contributed by atoms with E-state index in [-0.39, 0.29) is 29.1 Å². The van der Waals surface area contributed by atoms with Gasteiger partial charge in [0.05, 0.1) is 15.2 Å². The fourth-order valence-electron chi connectivity index (χ4n) is 8.06. The summed E-state index contributed by atoms with van der Waals surface area (Å²) in [6, 6.07) is 8.93. The van der Waals surface area contributed by atoms with Gasteiger partial charge in [0.2, 0.25) is 5.69 Å². The highest BCUT2D eigenvalue weighted by Crippen LogP contribution is 2.49. The quantitative estimate of drug-likeness (QED) is 0.107. The molecule has 4 aliphatic rings. The summed E-state index contributed by atoms with van der Waals surface area (Å²) in [6.45, 7) is 8.53. The van der Waals surface area contributed by atoms with Crippen molar-refractivity contribution in [1.29, 1.82) is 0 Å². The highest BCUT2D eigenvalue weighted by Gasteiger charge is 2.44. The van der Waals surface area contributed by atoms with Crippen molar-refractivity contribution in [3.05, 3.63) is 94.7 Å². The highest BCUT2D eigenvalue weighted by atomic mass is 32.2. The Bertz CT molecular complexity index is 2370. The lowest BCUT2D eigenvalue weighted by atomic mass is 9.81. The summed E-state index contributed by atoms with van der Waals surface area (Å²) < 4.78 is 73.2. The lowest BCUT2D eigenvalue weighted by molar-refractivity contribution is -0.401. The van der Waals surface area contributed by atoms with Crippen LogP contribution in [0.4, 0.5) is 11.4 Å². The molecule has 298 valence electrons. The summed E-state index contributed by atoms with van der Waals surface area (Å²) in [5.41, 5.74) is 6.01. The molecule has 0 radical (unpaired) electrons. The van der Waals surface area contributed by atoms with Crippen LogP contribution in [-0.2, 0) is 50.3 Å². The van der Waals surface area contributed by atoms with Gasteiger partial charge < -0.3 is 18.8 Å². The average molecular weight is 805 g/mol. The number of imide groups is 1. The third-order valence-electron chi connectivity index (χ3n) is 11.1. The van der Waals surface area contributed by atoms with E-state index in [4.69, 9.17) is 4.84 Å². The van der Waals surface area contributed by atoms with Gasteiger partial charge in [-0.15, -0.1) is 5.06 Å². The minimum atomic E-state index is -4.68. The normalized spacial score (nSPS) is 20.7. The number of fused-ring (bicyclic) bond motifs is 2. The first-order valence-electron chi connectivity index (χ1n) is 18.7. The molecule has 15 heteroatoms. The van der Waals surface area contributed by atoms with Crippen LogP contribution in [0.5, 0.6) is 0 Å². The molecule has 1 saturated heterocycles. The van der Waals surface area contributed by atoms with Gasteiger partial charge >= 0.3 is 5.97 Å². The van der Waals surface area contributed by atoms with E-state index in [1.807, 2.05) is 51.5 Å². The molecule has 1 aliphatic carbocycles. The van der Waals surface area contributed by atoms with E-state index >= 15 is 0 Å². The molecule has 56 heavy (non-hydrogen) atoms. The van der Waals surface area contributed by atoms with Crippen molar-refractivity contribution in [2.45, 2.75) is 106 Å². The van der Waals surface area contributed by atoms with Gasteiger partial charge in [-0.2, -0.15) is 4.58 Å². The van der Waals surface area contributed by atoms with E-state index in [9.17, 15) is 40.3 Å². The lowest BCUT2D eigenvalue weighted by Crippen LogP contribution is -2.32. The first-order valence-corrected chi connectivity index (χ1v) is 21.5. The maximum Gasteiger partial charge on any atom is 0.333 e. The SMILES string of the molecule is C[N+]1=C(C=CC2=CC(=CC=C3N(CCCCCC(=O)ON4C(=O)CCC4=O)c4ccc(S(=O)(=O)[O-])cc4C3(C)C)CCC2)C(C)(C)c2cc(S(=O)(=O)[O-])ccc21. The smallest absolute Gasteiger partial charge is 0.333 e. The van der Waals surface area contributed by atoms with Crippen LogP contribution in [0.15, 0.2) is 93.4 Å². The molecule has 0 N–H and O–H groups in total. The Balaban J connectivity index is 1.21. The van der Waals surface area contributed by atoms with Crippen LogP contribution in [0.2, 0.25) is 0 Å². The third kappa shape index (κ3) is 8.22. The molecule has 3 aliphatic heterocycles. The molecule has 13 nitrogen and oxygen atoms in total. The first kappa shape index (κ1) is 40.9. The number of rotatable bonds is 12. The number of allylic oxidation sites excluding steroid dienone is 8. The Hall–Kier alpha value is -4.70. The van der Waals surface area contributed by atoms with E-state index in [0.29, 0.717) is 36.4 Å². The largest absolute Gasteiger partial charge is 0.744 e. The first-order chi connectivity index (χ1) is 26.2. The zero-order valence-electron chi connectivity index (χ0n) is 32.2. The zero-order valence-corrected chi connectivity index (χ0v) is 33.8. The predicted molar refractivity (Wildman–Crippen MR) is 206 cm³/mol. The number of benzene rings is 2. The van der Waals surface area contributed by atoms with Gasteiger partial charge in [-0.1, -0.05) is 38.5 Å². The molecule has 0 aromatic heterocycles. The maximum atomic E-state index is 12.3. The van der Waals surface area contributed by atoms with Crippen LogP contribution in [-0.4, -0.2) is 72.7 Å². The fraction of sp³-hybridized carbons (Fsp3) is 0.415. The van der Waals surface area contributed by atoms with E-state index < -0.39 is 48.8 Å². The van der Waals surface area contributed by atoms with E-state index in [0.717, 1.165) is 58.8 Å². The van der Waals surface area contributed by atoms with Gasteiger partial charge in [0.15, 0.2) is 5.71 Å². The second-order valence-corrected chi connectivity index (χ2v) is 18.4. The van der Waals surface area contributed by atoms with Crippen LogP contribution in [0.25, 0.3) is 0 Å². The standard InChI is InChI=1S/C41H47N3O10S2/c1-40(2)31-25-29(55(48,49)50)15-17-33(31)42(5)35(40)19-13-27-10-9-11-28(24-27)14-20-36-41(3,4)32-26-30(56(51,52)53)16-18-34(32)43(36)23-8-6-7-12-39(47)54-44-37(45)21-22-38(44)46/h13-20,24-26H,6-12,21-23H2,1-5H3,(H-,48,49,50,51,52,53)/p-1. The molecule has 2 aromatic rings. The summed E-state index contributed by atoms with van der Waals surface area (Å²) in [7, 11) is -7.36. The fourth-order valence-corrected chi connectivity index (χ4v) is 9.05. The topological polar surface area (TPSA) is 184 Å². The minimum Gasteiger partial charge on any atom is -0.744 e. The number of anilines is 1. The number of hydroxylamine groups is 2. The Labute approximate surface area is 328 Å². The second kappa shape index (κ2) is 15.3. The highest BCUT2D eigenvalue weighted by molar-refractivity contribution is 7.86. The summed E-state index contributed by atoms with van der Waals surface area (Å²) >= 11 is 0. The van der Waals surface area contributed by atoms with Gasteiger partial charge in [0, 0.05) is 60.3 Å². The number of nitrogens with zero attached hydrogens (tertiary/aromatic N) is 3. The molecule has 0 atom stereocenters. The summed E-state index contributed by atoms with van der Waals surface area (Å²) in [4.78, 5) is 42.4. The van der Waals surface area contributed by atoms with Crippen molar-refractivity contribution in [1.82, 2.24) is 5.06 Å². The Morgan fingerprint density at radius 3 is 2.12 bits per heavy atom. The molecule has 3 heterocycles. The van der Waals surface area contributed by atoms with Gasteiger partial charge in [0.1, 0.15) is 27.3 Å². The summed E-state index contributed by atoms with van der Waals surface area (Å²) in [5.74, 6) is -1.70. The molecule has 0 unspecified atom stereocenters. The maximum absolute atomic E-state index is 12.3.